The number of rotatable bonds is 5. The van der Waals surface area contributed by atoms with Crippen molar-refractivity contribution in [3.8, 4) is 0 Å². The normalized spacial score (nSPS) is 22.1. The molecule has 0 radical (unpaired) electrons. The van der Waals surface area contributed by atoms with Gasteiger partial charge in [-0.15, -0.1) is 0 Å². The molecule has 0 bridgehead atoms. The quantitative estimate of drug-likeness (QED) is 0.705. The predicted octanol–water partition coefficient (Wildman–Crippen LogP) is 3.73. The van der Waals surface area contributed by atoms with Crippen molar-refractivity contribution in [3.05, 3.63) is 77.4 Å². The van der Waals surface area contributed by atoms with Crippen LogP contribution in [0.1, 0.15) is 41.6 Å². The highest BCUT2D eigenvalue weighted by molar-refractivity contribution is 6.05. The molecule has 1 heterocycles. The average molecular weight is 451 g/mol. The lowest BCUT2D eigenvalue weighted by Crippen LogP contribution is -2.59. The molecule has 2 aliphatic carbocycles. The van der Waals surface area contributed by atoms with Crippen LogP contribution in [0, 0.1) is 23.5 Å². The molecule has 1 saturated carbocycles. The molecule has 1 N–H and O–H groups in total. The number of nitrogens with one attached hydrogen (secondary N) is 1. The maximum absolute atomic E-state index is 14.2. The largest absolute Gasteiger partial charge is 0.331 e. The molecule has 8 heteroatoms. The van der Waals surface area contributed by atoms with Crippen LogP contribution < -0.4 is 10.4 Å². The maximum atomic E-state index is 14.2. The monoisotopic (exact) mass is 451 g/mol. The number of hydrazine groups is 1. The average Bonchev–Trinajstić information content (AvgIpc) is 3.66. The van der Waals surface area contributed by atoms with Gasteiger partial charge in [-0.05, 0) is 49.9 Å². The van der Waals surface area contributed by atoms with Crippen LogP contribution in [0.2, 0.25) is 0 Å². The van der Waals surface area contributed by atoms with Crippen molar-refractivity contribution in [2.75, 3.05) is 5.01 Å². The molecule has 2 aromatic carbocycles. The van der Waals surface area contributed by atoms with E-state index in [1.807, 2.05) is 12.2 Å². The summed E-state index contributed by atoms with van der Waals surface area (Å²) in [5.41, 5.74) is 3.63. The lowest BCUT2D eigenvalue weighted by Gasteiger charge is -2.38. The fourth-order valence-electron chi connectivity index (χ4n) is 4.51. The number of carbonyl (C=O) groups is 3. The summed E-state index contributed by atoms with van der Waals surface area (Å²) in [4.78, 5) is 40.5. The van der Waals surface area contributed by atoms with E-state index >= 15 is 0 Å². The van der Waals surface area contributed by atoms with Gasteiger partial charge in [0.1, 0.15) is 11.6 Å². The van der Waals surface area contributed by atoms with E-state index in [0.29, 0.717) is 24.1 Å². The van der Waals surface area contributed by atoms with Gasteiger partial charge in [0, 0.05) is 29.8 Å². The summed E-state index contributed by atoms with van der Waals surface area (Å²) in [7, 11) is 0. The Bertz CT molecular complexity index is 1160. The Balaban J connectivity index is 1.39. The first-order valence-electron chi connectivity index (χ1n) is 11.1. The standard InChI is InChI=1S/C25H23F2N3O3/c26-17-9-8-16(22(27)13-17)14-29(18-10-11-18)24(32)15-4-3-5-19(12-15)30-25(33)21-7-2-1-6-20(21)23(31)28-30/h1-5,8-9,12-13,18,20-21H,6-7,10-11,14H2,(H,28,31). The van der Waals surface area contributed by atoms with E-state index < -0.39 is 17.6 Å². The number of fused-ring (bicyclic) bond motifs is 1. The second-order valence-electron chi connectivity index (χ2n) is 8.76. The van der Waals surface area contributed by atoms with Crippen LogP contribution in [0.25, 0.3) is 0 Å². The van der Waals surface area contributed by atoms with E-state index in [9.17, 15) is 23.2 Å². The van der Waals surface area contributed by atoms with Gasteiger partial charge >= 0.3 is 0 Å². The first-order chi connectivity index (χ1) is 15.9. The second kappa shape index (κ2) is 8.42. The van der Waals surface area contributed by atoms with Crippen LogP contribution in [-0.2, 0) is 16.1 Å². The number of amides is 3. The van der Waals surface area contributed by atoms with Crippen LogP contribution in [0.3, 0.4) is 0 Å². The van der Waals surface area contributed by atoms with Gasteiger partial charge in [0.25, 0.3) is 5.91 Å². The molecule has 170 valence electrons. The predicted molar refractivity (Wildman–Crippen MR) is 117 cm³/mol. The zero-order chi connectivity index (χ0) is 23.1. The fraction of sp³-hybridized carbons (Fsp3) is 0.320. The summed E-state index contributed by atoms with van der Waals surface area (Å²) in [5.74, 6) is -2.89. The van der Waals surface area contributed by atoms with Gasteiger partial charge in [-0.3, -0.25) is 19.8 Å². The molecule has 2 fully saturated rings. The molecular weight excluding hydrogens is 428 g/mol. The number of nitrogens with zero attached hydrogens (tertiary/aromatic N) is 2. The molecule has 6 nitrogen and oxygen atoms in total. The van der Waals surface area contributed by atoms with Gasteiger partial charge in [-0.2, -0.15) is 0 Å². The Hall–Kier alpha value is -3.55. The number of hydrogen-bond acceptors (Lipinski definition) is 3. The Morgan fingerprint density at radius 2 is 1.79 bits per heavy atom. The first-order valence-corrected chi connectivity index (χ1v) is 11.1. The minimum Gasteiger partial charge on any atom is -0.331 e. The summed E-state index contributed by atoms with van der Waals surface area (Å²) in [6, 6.07) is 9.82. The summed E-state index contributed by atoms with van der Waals surface area (Å²) in [5, 5.41) is 1.22. The fourth-order valence-corrected chi connectivity index (χ4v) is 4.51. The van der Waals surface area contributed by atoms with Crippen LogP contribution in [0.15, 0.2) is 54.6 Å². The summed E-state index contributed by atoms with van der Waals surface area (Å²) in [6.45, 7) is 0.0231. The highest BCUT2D eigenvalue weighted by Gasteiger charge is 2.42. The lowest BCUT2D eigenvalue weighted by atomic mass is 9.80. The molecule has 2 unspecified atom stereocenters. The Kier molecular flexibility index (Phi) is 5.44. The van der Waals surface area contributed by atoms with E-state index in [-0.39, 0.29) is 41.8 Å². The number of benzene rings is 2. The van der Waals surface area contributed by atoms with Crippen molar-refractivity contribution in [1.29, 1.82) is 0 Å². The highest BCUT2D eigenvalue weighted by Crippen LogP contribution is 2.34. The molecule has 0 aromatic heterocycles. The summed E-state index contributed by atoms with van der Waals surface area (Å²) < 4.78 is 27.5. The number of allylic oxidation sites excluding steroid dienone is 2. The molecule has 1 saturated heterocycles. The number of anilines is 1. The molecule has 33 heavy (non-hydrogen) atoms. The lowest BCUT2D eigenvalue weighted by molar-refractivity contribution is -0.139. The van der Waals surface area contributed by atoms with Crippen molar-refractivity contribution >= 4 is 23.4 Å². The third-order valence-electron chi connectivity index (χ3n) is 6.48. The van der Waals surface area contributed by atoms with Gasteiger partial charge in [0.2, 0.25) is 11.8 Å². The Labute approximate surface area is 189 Å². The molecular formula is C25H23F2N3O3. The molecule has 2 atom stereocenters. The van der Waals surface area contributed by atoms with Crippen LogP contribution >= 0.6 is 0 Å². The third kappa shape index (κ3) is 4.13. The molecule has 5 rings (SSSR count). The zero-order valence-electron chi connectivity index (χ0n) is 17.8. The minimum atomic E-state index is -0.695. The zero-order valence-corrected chi connectivity index (χ0v) is 17.8. The maximum Gasteiger partial charge on any atom is 0.254 e. The van der Waals surface area contributed by atoms with Gasteiger partial charge in [0.15, 0.2) is 0 Å². The van der Waals surface area contributed by atoms with E-state index in [1.54, 1.807) is 29.2 Å². The number of halogens is 2. The SMILES string of the molecule is O=C1NN(c2cccc(C(=O)N(Cc3ccc(F)cc3F)C3CC3)c2)C(=O)C2CC=CCC12. The Morgan fingerprint density at radius 3 is 2.52 bits per heavy atom. The van der Waals surface area contributed by atoms with Gasteiger partial charge in [-0.25, -0.2) is 13.8 Å². The highest BCUT2D eigenvalue weighted by atomic mass is 19.1. The smallest absolute Gasteiger partial charge is 0.254 e. The summed E-state index contributed by atoms with van der Waals surface area (Å²) in [6.07, 6.45) is 6.49. The van der Waals surface area contributed by atoms with E-state index in [1.165, 1.54) is 17.1 Å². The van der Waals surface area contributed by atoms with E-state index in [4.69, 9.17) is 0 Å². The third-order valence-corrected chi connectivity index (χ3v) is 6.48. The second-order valence-corrected chi connectivity index (χ2v) is 8.76. The van der Waals surface area contributed by atoms with Gasteiger partial charge < -0.3 is 4.90 Å². The van der Waals surface area contributed by atoms with Gasteiger partial charge in [0.05, 0.1) is 17.5 Å². The molecule has 0 spiro atoms. The van der Waals surface area contributed by atoms with Crippen LogP contribution in [-0.4, -0.2) is 28.7 Å². The van der Waals surface area contributed by atoms with Crippen LogP contribution in [0.4, 0.5) is 14.5 Å². The topological polar surface area (TPSA) is 69.7 Å². The Morgan fingerprint density at radius 1 is 1.03 bits per heavy atom. The van der Waals surface area contributed by atoms with Crippen molar-refractivity contribution in [3.63, 3.8) is 0 Å². The van der Waals surface area contributed by atoms with E-state index in [2.05, 4.69) is 5.43 Å². The minimum absolute atomic E-state index is 0.0169. The van der Waals surface area contributed by atoms with Crippen molar-refractivity contribution in [2.24, 2.45) is 11.8 Å². The van der Waals surface area contributed by atoms with Crippen LogP contribution in [0.5, 0.6) is 0 Å². The van der Waals surface area contributed by atoms with Crippen molar-refractivity contribution in [1.82, 2.24) is 10.3 Å². The number of carbonyl (C=O) groups excluding carboxylic acids is 3. The molecule has 1 aliphatic heterocycles. The molecule has 3 amide bonds. The molecule has 2 aromatic rings. The van der Waals surface area contributed by atoms with Gasteiger partial charge in [-0.1, -0.05) is 24.3 Å². The van der Waals surface area contributed by atoms with E-state index in [0.717, 1.165) is 18.9 Å². The molecule has 3 aliphatic rings. The van der Waals surface area contributed by atoms with Crippen molar-refractivity contribution in [2.45, 2.75) is 38.3 Å². The first kappa shape index (κ1) is 21.3. The van der Waals surface area contributed by atoms with Crippen molar-refractivity contribution < 1.29 is 23.2 Å². The number of hydrogen-bond donors (Lipinski definition) is 1. The summed E-state index contributed by atoms with van der Waals surface area (Å²) >= 11 is 0.